The fourth-order valence-electron chi connectivity index (χ4n) is 1.34. The number of ketones is 1. The Morgan fingerprint density at radius 2 is 1.89 bits per heavy atom. The van der Waals surface area contributed by atoms with Crippen molar-refractivity contribution in [1.29, 1.82) is 0 Å². The van der Waals surface area contributed by atoms with Gasteiger partial charge in [0, 0.05) is 24.8 Å². The molecular weight excluding hydrogens is 230 g/mol. The van der Waals surface area contributed by atoms with Crippen molar-refractivity contribution >= 4 is 5.78 Å². The van der Waals surface area contributed by atoms with Gasteiger partial charge in [0.25, 0.3) is 0 Å². The van der Waals surface area contributed by atoms with Gasteiger partial charge in [-0.25, -0.2) is 9.97 Å². The molecule has 2 heterocycles. The van der Waals surface area contributed by atoms with Crippen LogP contribution in [0.1, 0.15) is 21.7 Å². The van der Waals surface area contributed by atoms with Gasteiger partial charge in [-0.2, -0.15) is 0 Å². The highest BCUT2D eigenvalue weighted by Crippen LogP contribution is 2.00. The maximum absolute atomic E-state index is 11.7. The number of Topliss-reactive ketones (excluding diaryl/α,β-unsaturated/α-hetero) is 1. The zero-order valence-electron chi connectivity index (χ0n) is 10.0. The summed E-state index contributed by atoms with van der Waals surface area (Å²) >= 11 is 0. The molecule has 2 aromatic heterocycles. The highest BCUT2D eigenvalue weighted by Gasteiger charge is 2.08. The average Bonchev–Trinajstić information content (AvgIpc) is 2.40. The summed E-state index contributed by atoms with van der Waals surface area (Å²) in [4.78, 5) is 23.5. The zero-order chi connectivity index (χ0) is 12.8. The van der Waals surface area contributed by atoms with Crippen LogP contribution in [0.4, 0.5) is 0 Å². The van der Waals surface area contributed by atoms with E-state index in [4.69, 9.17) is 4.74 Å². The average molecular weight is 243 g/mol. The molecule has 0 bridgehead atoms. The van der Waals surface area contributed by atoms with E-state index in [-0.39, 0.29) is 18.2 Å². The Morgan fingerprint density at radius 1 is 1.22 bits per heavy atom. The van der Waals surface area contributed by atoms with Gasteiger partial charge in [0.2, 0.25) is 5.78 Å². The molecule has 5 nitrogen and oxygen atoms in total. The first-order valence-electron chi connectivity index (χ1n) is 5.54. The molecule has 0 spiro atoms. The molecule has 0 saturated heterocycles. The third-order valence-corrected chi connectivity index (χ3v) is 2.28. The summed E-state index contributed by atoms with van der Waals surface area (Å²) < 4.78 is 5.31. The van der Waals surface area contributed by atoms with E-state index in [1.54, 1.807) is 24.8 Å². The van der Waals surface area contributed by atoms with Crippen LogP contribution in [0.3, 0.4) is 0 Å². The summed E-state index contributed by atoms with van der Waals surface area (Å²) in [6.45, 7) is 2.22. The number of nitrogens with zero attached hydrogens (tertiary/aromatic N) is 3. The first-order valence-corrected chi connectivity index (χ1v) is 5.54. The summed E-state index contributed by atoms with van der Waals surface area (Å²) in [5.74, 6) is -0.0283. The molecule has 0 aliphatic heterocycles. The second-order valence-electron chi connectivity index (χ2n) is 3.86. The summed E-state index contributed by atoms with van der Waals surface area (Å²) in [5, 5.41) is 0. The molecule has 2 aromatic rings. The van der Waals surface area contributed by atoms with Gasteiger partial charge in [0.1, 0.15) is 6.61 Å². The molecule has 92 valence electrons. The lowest BCUT2D eigenvalue weighted by Gasteiger charge is -2.03. The number of aryl methyl sites for hydroxylation is 1. The minimum absolute atomic E-state index is 0.0224. The van der Waals surface area contributed by atoms with Gasteiger partial charge in [0.05, 0.1) is 6.61 Å². The van der Waals surface area contributed by atoms with Gasteiger partial charge in [-0.15, -0.1) is 0 Å². The SMILES string of the molecule is Cc1cnc(C(=O)COCc2ccncc2)nc1. The third kappa shape index (κ3) is 3.43. The van der Waals surface area contributed by atoms with Crippen LogP contribution in [0.2, 0.25) is 0 Å². The van der Waals surface area contributed by atoms with Gasteiger partial charge in [0.15, 0.2) is 5.82 Å². The van der Waals surface area contributed by atoms with E-state index in [0.717, 1.165) is 11.1 Å². The smallest absolute Gasteiger partial charge is 0.225 e. The minimum Gasteiger partial charge on any atom is -0.368 e. The Bertz CT molecular complexity index is 512. The van der Waals surface area contributed by atoms with Crippen LogP contribution in [-0.2, 0) is 11.3 Å². The normalized spacial score (nSPS) is 10.3. The Morgan fingerprint density at radius 3 is 2.56 bits per heavy atom. The highest BCUT2D eigenvalue weighted by atomic mass is 16.5. The molecule has 0 unspecified atom stereocenters. The number of ether oxygens (including phenoxy) is 1. The van der Waals surface area contributed by atoms with Crippen molar-refractivity contribution in [3.05, 3.63) is 53.9 Å². The van der Waals surface area contributed by atoms with E-state index in [0.29, 0.717) is 6.61 Å². The number of carbonyl (C=O) groups excluding carboxylic acids is 1. The third-order valence-electron chi connectivity index (χ3n) is 2.28. The monoisotopic (exact) mass is 243 g/mol. The van der Waals surface area contributed by atoms with Crippen molar-refractivity contribution in [2.75, 3.05) is 6.61 Å². The topological polar surface area (TPSA) is 65.0 Å². The van der Waals surface area contributed by atoms with Crippen LogP contribution < -0.4 is 0 Å². The number of hydrogen-bond donors (Lipinski definition) is 0. The van der Waals surface area contributed by atoms with E-state index in [9.17, 15) is 4.79 Å². The molecular formula is C13H13N3O2. The van der Waals surface area contributed by atoms with Gasteiger partial charge in [-0.3, -0.25) is 9.78 Å². The van der Waals surface area contributed by atoms with Crippen LogP contribution in [0, 0.1) is 6.92 Å². The van der Waals surface area contributed by atoms with Gasteiger partial charge in [-0.05, 0) is 30.2 Å². The van der Waals surface area contributed by atoms with E-state index in [1.165, 1.54) is 0 Å². The van der Waals surface area contributed by atoms with Crippen molar-refractivity contribution in [2.24, 2.45) is 0 Å². The standard InChI is InChI=1S/C13H13N3O2/c1-10-6-15-13(16-7-10)12(17)9-18-8-11-2-4-14-5-3-11/h2-7H,8-9H2,1H3. The van der Waals surface area contributed by atoms with Crippen molar-refractivity contribution in [3.8, 4) is 0 Å². The Balaban J connectivity index is 1.84. The van der Waals surface area contributed by atoms with Crippen LogP contribution in [0.15, 0.2) is 36.9 Å². The molecule has 0 atom stereocenters. The van der Waals surface area contributed by atoms with E-state index in [1.807, 2.05) is 19.1 Å². The molecule has 5 heteroatoms. The number of carbonyl (C=O) groups is 1. The molecule has 18 heavy (non-hydrogen) atoms. The Hall–Kier alpha value is -2.14. The van der Waals surface area contributed by atoms with E-state index >= 15 is 0 Å². The summed E-state index contributed by atoms with van der Waals surface area (Å²) in [5.41, 5.74) is 1.90. The van der Waals surface area contributed by atoms with Crippen molar-refractivity contribution in [1.82, 2.24) is 15.0 Å². The molecule has 0 radical (unpaired) electrons. The minimum atomic E-state index is -0.218. The number of hydrogen-bond acceptors (Lipinski definition) is 5. The molecule has 0 N–H and O–H groups in total. The second-order valence-corrected chi connectivity index (χ2v) is 3.86. The molecule has 2 rings (SSSR count). The highest BCUT2D eigenvalue weighted by molar-refractivity contribution is 5.93. The molecule has 0 aliphatic carbocycles. The maximum atomic E-state index is 11.7. The fraction of sp³-hybridized carbons (Fsp3) is 0.231. The Kier molecular flexibility index (Phi) is 4.09. The lowest BCUT2D eigenvalue weighted by Crippen LogP contribution is -2.12. The first kappa shape index (κ1) is 12.3. The molecule has 0 aliphatic rings. The van der Waals surface area contributed by atoms with E-state index in [2.05, 4.69) is 15.0 Å². The van der Waals surface area contributed by atoms with E-state index < -0.39 is 0 Å². The van der Waals surface area contributed by atoms with Crippen LogP contribution in [-0.4, -0.2) is 27.3 Å². The lowest BCUT2D eigenvalue weighted by molar-refractivity contribution is 0.0716. The van der Waals surface area contributed by atoms with Crippen molar-refractivity contribution in [3.63, 3.8) is 0 Å². The van der Waals surface area contributed by atoms with Crippen molar-refractivity contribution in [2.45, 2.75) is 13.5 Å². The summed E-state index contributed by atoms with van der Waals surface area (Å²) in [7, 11) is 0. The zero-order valence-corrected chi connectivity index (χ0v) is 10.0. The first-order chi connectivity index (χ1) is 8.75. The molecule has 0 amide bonds. The predicted octanol–water partition coefficient (Wildman–Crippen LogP) is 1.58. The fourth-order valence-corrected chi connectivity index (χ4v) is 1.34. The van der Waals surface area contributed by atoms with Gasteiger partial charge < -0.3 is 4.74 Å². The van der Waals surface area contributed by atoms with Crippen LogP contribution in [0.25, 0.3) is 0 Å². The maximum Gasteiger partial charge on any atom is 0.225 e. The molecule has 0 aromatic carbocycles. The number of rotatable bonds is 5. The Labute approximate surface area is 105 Å². The predicted molar refractivity (Wildman–Crippen MR) is 65.0 cm³/mol. The number of aromatic nitrogens is 3. The summed E-state index contributed by atoms with van der Waals surface area (Å²) in [6.07, 6.45) is 6.60. The van der Waals surface area contributed by atoms with Gasteiger partial charge >= 0.3 is 0 Å². The molecule has 0 saturated carbocycles. The summed E-state index contributed by atoms with van der Waals surface area (Å²) in [6, 6.07) is 3.68. The quantitative estimate of drug-likeness (QED) is 0.746. The van der Waals surface area contributed by atoms with Crippen LogP contribution >= 0.6 is 0 Å². The van der Waals surface area contributed by atoms with Crippen molar-refractivity contribution < 1.29 is 9.53 Å². The second kappa shape index (κ2) is 5.97. The van der Waals surface area contributed by atoms with Crippen LogP contribution in [0.5, 0.6) is 0 Å². The van der Waals surface area contributed by atoms with Gasteiger partial charge in [-0.1, -0.05) is 0 Å². The lowest BCUT2D eigenvalue weighted by atomic mass is 10.3. The molecule has 0 fully saturated rings. The number of pyridine rings is 1. The largest absolute Gasteiger partial charge is 0.368 e.